The van der Waals surface area contributed by atoms with Crippen LogP contribution in [0, 0.1) is 11.8 Å². The number of nitrogens with one attached hydrogen (secondary N) is 1. The van der Waals surface area contributed by atoms with Gasteiger partial charge in [0.2, 0.25) is 11.8 Å². The second-order valence-corrected chi connectivity index (χ2v) is 20.0. The van der Waals surface area contributed by atoms with E-state index in [1.165, 1.54) is 9.80 Å². The van der Waals surface area contributed by atoms with Gasteiger partial charge in [-0.1, -0.05) is 89.1 Å². The first kappa shape index (κ1) is 48.0. The van der Waals surface area contributed by atoms with E-state index >= 15 is 0 Å². The van der Waals surface area contributed by atoms with Crippen LogP contribution in [0.3, 0.4) is 0 Å². The number of imidazole rings is 1. The molecule has 3 aliphatic rings. The number of hydrogen-bond acceptors (Lipinski definition) is 8. The van der Waals surface area contributed by atoms with E-state index < -0.39 is 35.5 Å². The van der Waals surface area contributed by atoms with Crippen LogP contribution < -0.4 is 0 Å². The third-order valence-electron chi connectivity index (χ3n) is 13.0. The Bertz CT molecular complexity index is 2200. The monoisotopic (exact) mass is 878 g/mol. The Morgan fingerprint density at radius 3 is 1.61 bits per heavy atom. The molecule has 2 fully saturated rings. The molecule has 1 aromatic heterocycles. The molecule has 13 heteroatoms. The minimum Gasteiger partial charge on any atom is -0.444 e. The van der Waals surface area contributed by atoms with Crippen molar-refractivity contribution in [3.63, 3.8) is 0 Å². The highest BCUT2D eigenvalue weighted by molar-refractivity contribution is 6.04. The lowest BCUT2D eigenvalue weighted by molar-refractivity contribution is -0.139. The van der Waals surface area contributed by atoms with Gasteiger partial charge in [-0.15, -0.1) is 0 Å². The van der Waals surface area contributed by atoms with Gasteiger partial charge < -0.3 is 24.3 Å². The molecular formula is C51H71N7O6. The molecule has 64 heavy (non-hydrogen) atoms. The molecule has 2 saturated heterocycles. The summed E-state index contributed by atoms with van der Waals surface area (Å²) in [4.78, 5) is 74.5. The molecule has 0 radical (unpaired) electrons. The molecule has 0 saturated carbocycles. The van der Waals surface area contributed by atoms with E-state index in [0.29, 0.717) is 19.5 Å². The summed E-state index contributed by atoms with van der Waals surface area (Å²) in [5.41, 5.74) is 5.90. The second-order valence-electron chi connectivity index (χ2n) is 20.0. The predicted octanol–water partition coefficient (Wildman–Crippen LogP) is 10.1. The number of aliphatic imine (C=N–C) groups is 1. The number of carbonyl (C=O) groups excluding carboxylic acids is 4. The van der Waals surface area contributed by atoms with Crippen molar-refractivity contribution < 1.29 is 28.7 Å². The number of carbonyl (C=O) groups is 4. The number of nitrogens with zero attached hydrogens (tertiary/aromatic N) is 6. The molecule has 346 valence electrons. The molecule has 4 heterocycles. The summed E-state index contributed by atoms with van der Waals surface area (Å²) in [5.74, 6) is 0.511. The quantitative estimate of drug-likeness (QED) is 0.180. The molecular weight excluding hydrogens is 807 g/mol. The highest BCUT2D eigenvalue weighted by Gasteiger charge is 2.43. The summed E-state index contributed by atoms with van der Waals surface area (Å²) in [6.45, 7) is 20.3. The van der Waals surface area contributed by atoms with Crippen molar-refractivity contribution in [2.75, 3.05) is 27.2 Å². The number of allylic oxidation sites excluding steroid dienone is 1. The summed E-state index contributed by atoms with van der Waals surface area (Å²) >= 11 is 0. The molecule has 0 spiro atoms. The zero-order chi connectivity index (χ0) is 46.7. The van der Waals surface area contributed by atoms with Crippen molar-refractivity contribution in [3.8, 4) is 22.4 Å². The minimum atomic E-state index is -0.666. The smallest absolute Gasteiger partial charge is 0.410 e. The van der Waals surface area contributed by atoms with Gasteiger partial charge in [0.15, 0.2) is 0 Å². The number of aromatic nitrogens is 2. The molecule has 6 atom stereocenters. The molecule has 3 aliphatic heterocycles. The van der Waals surface area contributed by atoms with Crippen LogP contribution in [0.25, 0.3) is 28.0 Å². The van der Waals surface area contributed by atoms with Gasteiger partial charge in [-0.05, 0) is 107 Å². The lowest BCUT2D eigenvalue weighted by atomic mass is 9.94. The van der Waals surface area contributed by atoms with Crippen molar-refractivity contribution in [2.45, 2.75) is 150 Å². The molecule has 1 N–H and O–H groups in total. The van der Waals surface area contributed by atoms with Crippen LogP contribution in [0.1, 0.15) is 132 Å². The maximum absolute atomic E-state index is 14.2. The van der Waals surface area contributed by atoms with E-state index in [4.69, 9.17) is 19.5 Å². The van der Waals surface area contributed by atoms with E-state index in [2.05, 4.69) is 53.5 Å². The molecule has 6 rings (SSSR count). The van der Waals surface area contributed by atoms with Gasteiger partial charge in [0.1, 0.15) is 29.1 Å². The van der Waals surface area contributed by atoms with Gasteiger partial charge in [-0.25, -0.2) is 14.6 Å². The molecule has 1 unspecified atom stereocenters. The Labute approximate surface area is 380 Å². The predicted molar refractivity (Wildman–Crippen MR) is 252 cm³/mol. The number of aromatic amines is 1. The van der Waals surface area contributed by atoms with Crippen LogP contribution in [0.4, 0.5) is 9.59 Å². The van der Waals surface area contributed by atoms with Crippen LogP contribution in [0.15, 0.2) is 65.9 Å². The Kier molecular flexibility index (Phi) is 14.8. The zero-order valence-corrected chi connectivity index (χ0v) is 40.2. The van der Waals surface area contributed by atoms with Crippen molar-refractivity contribution in [1.82, 2.24) is 29.6 Å². The van der Waals surface area contributed by atoms with E-state index in [-0.39, 0.29) is 35.7 Å². The number of amides is 4. The van der Waals surface area contributed by atoms with Gasteiger partial charge in [0.25, 0.3) is 0 Å². The van der Waals surface area contributed by atoms with Crippen LogP contribution >= 0.6 is 0 Å². The van der Waals surface area contributed by atoms with Crippen LogP contribution in [-0.4, -0.2) is 116 Å². The molecule has 2 aromatic carbocycles. The Hall–Kier alpha value is -5.46. The van der Waals surface area contributed by atoms with Crippen LogP contribution in [0.5, 0.6) is 0 Å². The summed E-state index contributed by atoms with van der Waals surface area (Å²) in [5, 5.41) is 0. The van der Waals surface area contributed by atoms with E-state index in [1.54, 1.807) is 14.1 Å². The molecule has 0 aliphatic carbocycles. The fraction of sp³-hybridized carbons (Fsp3) is 0.569. The lowest BCUT2D eigenvalue weighted by Crippen LogP contribution is -2.55. The van der Waals surface area contributed by atoms with Crippen LogP contribution in [-0.2, 0) is 19.1 Å². The number of ether oxygens (including phenoxy) is 2. The van der Waals surface area contributed by atoms with Gasteiger partial charge in [0, 0.05) is 45.5 Å². The summed E-state index contributed by atoms with van der Waals surface area (Å²) in [6, 6.07) is 15.3. The highest BCUT2D eigenvalue weighted by atomic mass is 16.6. The molecule has 13 nitrogen and oxygen atoms in total. The van der Waals surface area contributed by atoms with E-state index in [9.17, 15) is 19.2 Å². The Morgan fingerprint density at radius 1 is 0.703 bits per heavy atom. The maximum atomic E-state index is 14.2. The fourth-order valence-corrected chi connectivity index (χ4v) is 9.15. The normalized spacial score (nSPS) is 19.7. The van der Waals surface area contributed by atoms with Crippen molar-refractivity contribution in [1.29, 1.82) is 0 Å². The van der Waals surface area contributed by atoms with Crippen molar-refractivity contribution in [3.05, 3.63) is 72.3 Å². The van der Waals surface area contributed by atoms with Gasteiger partial charge in [-0.2, -0.15) is 0 Å². The molecule has 0 bridgehead atoms. The van der Waals surface area contributed by atoms with E-state index in [1.807, 2.05) is 91.4 Å². The molecule has 3 aromatic rings. The first-order valence-electron chi connectivity index (χ1n) is 23.3. The van der Waals surface area contributed by atoms with Gasteiger partial charge in [-0.3, -0.25) is 24.4 Å². The minimum absolute atomic E-state index is 0.0408. The maximum Gasteiger partial charge on any atom is 0.410 e. The molecule has 4 amide bonds. The van der Waals surface area contributed by atoms with Crippen LogP contribution in [0.2, 0.25) is 0 Å². The summed E-state index contributed by atoms with van der Waals surface area (Å²) in [6.07, 6.45) is 8.30. The Balaban J connectivity index is 1.08. The number of likely N-dealkylation sites (N-methyl/N-ethyl adjacent to an activating group) is 2. The zero-order valence-electron chi connectivity index (χ0n) is 40.2. The summed E-state index contributed by atoms with van der Waals surface area (Å²) < 4.78 is 11.3. The van der Waals surface area contributed by atoms with Gasteiger partial charge in [0.05, 0.1) is 24.0 Å². The number of benzene rings is 2. The first-order chi connectivity index (χ1) is 30.2. The largest absolute Gasteiger partial charge is 0.444 e. The number of likely N-dealkylation sites (tertiary alicyclic amines) is 2. The number of rotatable bonds is 13. The fourth-order valence-electron chi connectivity index (χ4n) is 9.15. The van der Waals surface area contributed by atoms with Crippen molar-refractivity contribution >= 4 is 35.3 Å². The van der Waals surface area contributed by atoms with Crippen molar-refractivity contribution in [2.24, 2.45) is 16.8 Å². The number of hydrogen-bond donors (Lipinski definition) is 1. The second kappa shape index (κ2) is 19.7. The topological polar surface area (TPSA) is 141 Å². The highest BCUT2D eigenvalue weighted by Crippen LogP contribution is 2.36. The number of H-pyrrole nitrogens is 1. The van der Waals surface area contributed by atoms with Gasteiger partial charge >= 0.3 is 12.2 Å². The van der Waals surface area contributed by atoms with E-state index in [0.717, 1.165) is 83.6 Å². The lowest BCUT2D eigenvalue weighted by Gasteiger charge is -2.37. The third kappa shape index (κ3) is 10.9. The standard InChI is InChI=1S/C51H71N7O6/c1-13-32(3)43(55(11)48(61)63-50(5,6)7)46(59)57-27-15-17-41(57)39-29-38(30-52-39)36-21-19-34(20-22-36)35-23-25-37(26-24-35)40-31-53-45(54-40)42-18-16-28-58(42)47(60)44(33(4)14-2)56(12)49(62)64-51(8,9)10/h19-26,30-33,41-44H,13-18,27-29H2,1-12H3,(H,53,54)/t32-,33-,41-,42?,43-,44-/m0/s1. The summed E-state index contributed by atoms with van der Waals surface area (Å²) in [7, 11) is 3.33. The average molecular weight is 878 g/mol. The first-order valence-corrected chi connectivity index (χ1v) is 23.3. The average Bonchev–Trinajstić information content (AvgIpc) is 4.09. The third-order valence-corrected chi connectivity index (χ3v) is 13.0. The Morgan fingerprint density at radius 2 is 1.14 bits per heavy atom. The SMILES string of the molecule is CC[C@H](C)[C@@H](C(=O)N1CCCC1c1ncc(-c2ccc(-c3ccc(C4=CN=C([C@@H]5CCCN5C(=O)[C@H]([C@@H](C)CC)N(C)C(=O)OC(C)(C)C)C4)cc3)cc2)[nH]1)N(C)C(=O)OC(C)(C)C.